The van der Waals surface area contributed by atoms with Crippen molar-refractivity contribution in [3.63, 3.8) is 0 Å². The Kier molecular flexibility index (Phi) is 5.42. The molecule has 0 saturated heterocycles. The van der Waals surface area contributed by atoms with Crippen molar-refractivity contribution in [2.45, 2.75) is 6.18 Å². The summed E-state index contributed by atoms with van der Waals surface area (Å²) in [5, 5.41) is 2.61. The van der Waals surface area contributed by atoms with E-state index in [1.54, 1.807) is 48.5 Å². The van der Waals surface area contributed by atoms with Crippen LogP contribution in [0, 0.1) is 23.3 Å². The van der Waals surface area contributed by atoms with Gasteiger partial charge in [-0.1, -0.05) is 42.5 Å². The van der Waals surface area contributed by atoms with E-state index in [1.165, 1.54) is 6.07 Å². The van der Waals surface area contributed by atoms with Gasteiger partial charge in [0.25, 0.3) is 0 Å². The van der Waals surface area contributed by atoms with Crippen molar-refractivity contribution in [1.82, 2.24) is 0 Å². The molecule has 0 radical (unpaired) electrons. The summed E-state index contributed by atoms with van der Waals surface area (Å²) in [7, 11) is 0. The average Bonchev–Trinajstić information content (AvgIpc) is 2.88. The third-order valence-corrected chi connectivity index (χ3v) is 6.71. The number of alkyl halides is 3. The van der Waals surface area contributed by atoms with E-state index >= 15 is 0 Å². The Morgan fingerprint density at radius 2 is 1.11 bits per heavy atom. The molecule has 0 amide bonds. The summed E-state index contributed by atoms with van der Waals surface area (Å²) in [6.45, 7) is 0. The summed E-state index contributed by atoms with van der Waals surface area (Å²) < 4.78 is 96.8. The van der Waals surface area contributed by atoms with Gasteiger partial charge in [0.15, 0.2) is 23.3 Å². The van der Waals surface area contributed by atoms with Gasteiger partial charge in [-0.3, -0.25) is 0 Å². The molecular formula is C31H15F7. The first-order valence-electron chi connectivity index (χ1n) is 11.5. The molecule has 0 spiro atoms. The zero-order valence-electron chi connectivity index (χ0n) is 19.3. The number of halogens is 7. The molecule has 7 heteroatoms. The largest absolute Gasteiger partial charge is 0.416 e. The molecule has 0 fully saturated rings. The first kappa shape index (κ1) is 24.0. The van der Waals surface area contributed by atoms with Crippen molar-refractivity contribution in [3.8, 4) is 22.3 Å². The lowest BCUT2D eigenvalue weighted by Crippen LogP contribution is -2.04. The summed E-state index contributed by atoms with van der Waals surface area (Å²) in [5.41, 5.74) is 0.956. The second-order valence-corrected chi connectivity index (χ2v) is 9.05. The topological polar surface area (TPSA) is 0 Å². The molecule has 0 unspecified atom stereocenters. The van der Waals surface area contributed by atoms with Crippen LogP contribution in [-0.4, -0.2) is 0 Å². The molecule has 0 atom stereocenters. The Morgan fingerprint density at radius 3 is 1.84 bits per heavy atom. The van der Waals surface area contributed by atoms with Crippen molar-refractivity contribution in [2.24, 2.45) is 0 Å². The van der Waals surface area contributed by atoms with Crippen LogP contribution in [0.15, 0.2) is 91.0 Å². The monoisotopic (exact) mass is 520 g/mol. The first-order valence-corrected chi connectivity index (χ1v) is 11.5. The standard InChI is InChI=1S/C31H15F7/c32-26-12-16-7-8-18(9-19(16)13-27(26)33)30-23-6-2-5-22(17-3-1-4-21(10-17)31(36,37)38)25(23)11-20-14-28(34)29(35)15-24(20)30/h1-15H. The molecular weight excluding hydrogens is 505 g/mol. The smallest absolute Gasteiger partial charge is 0.204 e. The molecule has 6 aromatic rings. The number of fused-ring (bicyclic) bond motifs is 3. The average molecular weight is 520 g/mol. The number of benzene rings is 6. The van der Waals surface area contributed by atoms with E-state index in [-0.39, 0.29) is 0 Å². The van der Waals surface area contributed by atoms with Crippen LogP contribution < -0.4 is 0 Å². The second-order valence-electron chi connectivity index (χ2n) is 9.05. The predicted octanol–water partition coefficient (Wildman–Crippen LogP) is 10.1. The van der Waals surface area contributed by atoms with Crippen molar-refractivity contribution in [1.29, 1.82) is 0 Å². The van der Waals surface area contributed by atoms with E-state index in [1.807, 2.05) is 0 Å². The van der Waals surface area contributed by atoms with Gasteiger partial charge < -0.3 is 0 Å². The Hall–Kier alpha value is -4.39. The summed E-state index contributed by atoms with van der Waals surface area (Å²) in [4.78, 5) is 0. The van der Waals surface area contributed by atoms with Gasteiger partial charge in [-0.15, -0.1) is 0 Å². The maximum absolute atomic E-state index is 14.4. The van der Waals surface area contributed by atoms with Crippen molar-refractivity contribution in [3.05, 3.63) is 120 Å². The maximum atomic E-state index is 14.4. The molecule has 0 N–H and O–H groups in total. The van der Waals surface area contributed by atoms with Gasteiger partial charge in [0.05, 0.1) is 5.56 Å². The van der Waals surface area contributed by atoms with Crippen LogP contribution in [0.4, 0.5) is 30.7 Å². The highest BCUT2D eigenvalue weighted by molar-refractivity contribution is 6.16. The Balaban J connectivity index is 1.71. The van der Waals surface area contributed by atoms with E-state index in [0.29, 0.717) is 54.6 Å². The van der Waals surface area contributed by atoms with Gasteiger partial charge in [0.2, 0.25) is 0 Å². The van der Waals surface area contributed by atoms with Crippen LogP contribution in [-0.2, 0) is 6.18 Å². The summed E-state index contributed by atoms with van der Waals surface area (Å²) in [6, 6.07) is 20.6. The molecule has 0 aliphatic heterocycles. The minimum atomic E-state index is -4.54. The highest BCUT2D eigenvalue weighted by Crippen LogP contribution is 2.42. The molecule has 0 aromatic heterocycles. The normalized spacial score (nSPS) is 12.1. The number of rotatable bonds is 2. The highest BCUT2D eigenvalue weighted by atomic mass is 19.4. The van der Waals surface area contributed by atoms with Crippen molar-refractivity contribution in [2.75, 3.05) is 0 Å². The maximum Gasteiger partial charge on any atom is 0.416 e. The molecule has 6 rings (SSSR count). The van der Waals surface area contributed by atoms with Gasteiger partial charge in [0, 0.05) is 0 Å². The SMILES string of the molecule is Fc1cc2ccc(-c3c4cc(F)c(F)cc4cc4c(-c5cccc(C(F)(F)F)c5)cccc34)cc2cc1F. The third kappa shape index (κ3) is 3.95. The van der Waals surface area contributed by atoms with Gasteiger partial charge in [0.1, 0.15) is 0 Å². The quantitative estimate of drug-likeness (QED) is 0.157. The van der Waals surface area contributed by atoms with E-state index < -0.39 is 35.0 Å². The van der Waals surface area contributed by atoms with Crippen LogP contribution in [0.2, 0.25) is 0 Å². The van der Waals surface area contributed by atoms with E-state index in [4.69, 9.17) is 0 Å². The van der Waals surface area contributed by atoms with Gasteiger partial charge >= 0.3 is 6.18 Å². The van der Waals surface area contributed by atoms with Gasteiger partial charge in [-0.05, 0) is 103 Å². The van der Waals surface area contributed by atoms with Crippen LogP contribution in [0.25, 0.3) is 54.6 Å². The molecule has 0 heterocycles. The molecule has 38 heavy (non-hydrogen) atoms. The van der Waals surface area contributed by atoms with Crippen LogP contribution in [0.5, 0.6) is 0 Å². The molecule has 0 aliphatic rings. The lowest BCUT2D eigenvalue weighted by molar-refractivity contribution is -0.137. The zero-order valence-corrected chi connectivity index (χ0v) is 19.3. The zero-order chi connectivity index (χ0) is 26.8. The first-order chi connectivity index (χ1) is 18.1. The fraction of sp³-hybridized carbons (Fsp3) is 0.0323. The summed E-state index contributed by atoms with van der Waals surface area (Å²) >= 11 is 0. The molecule has 0 saturated carbocycles. The Morgan fingerprint density at radius 1 is 0.447 bits per heavy atom. The minimum absolute atomic E-state index is 0.300. The van der Waals surface area contributed by atoms with Crippen LogP contribution >= 0.6 is 0 Å². The second kappa shape index (κ2) is 8.58. The van der Waals surface area contributed by atoms with E-state index in [2.05, 4.69) is 0 Å². The van der Waals surface area contributed by atoms with E-state index in [0.717, 1.165) is 36.4 Å². The van der Waals surface area contributed by atoms with Crippen LogP contribution in [0.3, 0.4) is 0 Å². The van der Waals surface area contributed by atoms with E-state index in [9.17, 15) is 30.7 Å². The fourth-order valence-corrected chi connectivity index (χ4v) is 4.96. The summed E-state index contributed by atoms with van der Waals surface area (Å²) in [6.07, 6.45) is -4.54. The molecule has 6 aromatic carbocycles. The predicted molar refractivity (Wildman–Crippen MR) is 135 cm³/mol. The fourth-order valence-electron chi connectivity index (χ4n) is 4.96. The molecule has 0 nitrogen and oxygen atoms in total. The van der Waals surface area contributed by atoms with Crippen LogP contribution in [0.1, 0.15) is 5.56 Å². The van der Waals surface area contributed by atoms with Gasteiger partial charge in [-0.2, -0.15) is 13.2 Å². The summed E-state index contributed by atoms with van der Waals surface area (Å²) in [5.74, 6) is -4.17. The molecule has 188 valence electrons. The Labute approximate surface area is 211 Å². The Bertz CT molecular complexity index is 1900. The lowest BCUT2D eigenvalue weighted by Gasteiger charge is -2.16. The molecule has 0 aliphatic carbocycles. The van der Waals surface area contributed by atoms with Gasteiger partial charge in [-0.25, -0.2) is 17.6 Å². The molecule has 0 bridgehead atoms. The number of hydrogen-bond acceptors (Lipinski definition) is 0. The minimum Gasteiger partial charge on any atom is -0.204 e. The lowest BCUT2D eigenvalue weighted by atomic mass is 9.87. The third-order valence-electron chi connectivity index (χ3n) is 6.71. The van der Waals surface area contributed by atoms with Crippen molar-refractivity contribution >= 4 is 32.3 Å². The highest BCUT2D eigenvalue weighted by Gasteiger charge is 2.30. The van der Waals surface area contributed by atoms with Crippen molar-refractivity contribution < 1.29 is 30.7 Å². The number of hydrogen-bond donors (Lipinski definition) is 0.